The third kappa shape index (κ3) is 9.06. The van der Waals surface area contributed by atoms with E-state index >= 15 is 0 Å². The fourth-order valence-corrected chi connectivity index (χ4v) is 6.13. The maximum Gasteiger partial charge on any atom is 0.329 e. The van der Waals surface area contributed by atoms with Crippen LogP contribution in [0.3, 0.4) is 0 Å². The van der Waals surface area contributed by atoms with Crippen LogP contribution in [0.4, 0.5) is 0 Å². The lowest BCUT2D eigenvalue weighted by atomic mass is 10.0. The van der Waals surface area contributed by atoms with Gasteiger partial charge in [0, 0.05) is 30.4 Å². The SMILES string of the molecule is CCCSSCC(C)C(=O)N1CCC[C@H]1C(=O)N[C@@H](Cc1ccc(O)cc1)C(=O)OC(C)(C)C. The van der Waals surface area contributed by atoms with Gasteiger partial charge in [0.1, 0.15) is 23.4 Å². The van der Waals surface area contributed by atoms with E-state index in [1.54, 1.807) is 71.5 Å². The quantitative estimate of drug-likeness (QED) is 0.262. The minimum atomic E-state index is -0.896. The van der Waals surface area contributed by atoms with Crippen LogP contribution in [0.15, 0.2) is 24.3 Å². The summed E-state index contributed by atoms with van der Waals surface area (Å²) in [6.07, 6.45) is 2.65. The van der Waals surface area contributed by atoms with Crippen LogP contribution >= 0.6 is 21.6 Å². The van der Waals surface area contributed by atoms with Gasteiger partial charge < -0.3 is 20.1 Å². The second-order valence-corrected chi connectivity index (χ2v) is 12.3. The highest BCUT2D eigenvalue weighted by atomic mass is 33.1. The molecule has 2 rings (SSSR count). The number of aromatic hydroxyl groups is 1. The van der Waals surface area contributed by atoms with Gasteiger partial charge in [0.2, 0.25) is 11.8 Å². The van der Waals surface area contributed by atoms with Gasteiger partial charge in [-0.2, -0.15) is 0 Å². The summed E-state index contributed by atoms with van der Waals surface area (Å²) in [5.74, 6) is 0.824. The number of hydrogen-bond acceptors (Lipinski definition) is 7. The van der Waals surface area contributed by atoms with Crippen molar-refractivity contribution >= 4 is 39.4 Å². The molecule has 2 N–H and O–H groups in total. The Labute approximate surface area is 211 Å². The molecule has 1 fully saturated rings. The molecular formula is C25H38N2O5S2. The molecular weight excluding hydrogens is 472 g/mol. The molecule has 1 heterocycles. The lowest BCUT2D eigenvalue weighted by Gasteiger charge is -2.29. The summed E-state index contributed by atoms with van der Waals surface area (Å²) in [6, 6.07) is 5.01. The number of esters is 1. The third-order valence-electron chi connectivity index (χ3n) is 5.33. The van der Waals surface area contributed by atoms with Crippen molar-refractivity contribution in [1.29, 1.82) is 0 Å². The molecule has 0 radical (unpaired) electrons. The maximum absolute atomic E-state index is 13.2. The number of hydrogen-bond donors (Lipinski definition) is 2. The van der Waals surface area contributed by atoms with Crippen LogP contribution in [0.1, 0.15) is 59.4 Å². The summed E-state index contributed by atoms with van der Waals surface area (Å²) in [4.78, 5) is 40.9. The van der Waals surface area contributed by atoms with Crippen molar-refractivity contribution in [1.82, 2.24) is 10.2 Å². The van der Waals surface area contributed by atoms with E-state index in [4.69, 9.17) is 4.74 Å². The van der Waals surface area contributed by atoms with Crippen molar-refractivity contribution < 1.29 is 24.2 Å². The zero-order valence-electron chi connectivity index (χ0n) is 20.8. The molecule has 1 unspecified atom stereocenters. The number of carbonyl (C=O) groups excluding carboxylic acids is 3. The second kappa shape index (κ2) is 13.3. The van der Waals surface area contributed by atoms with Crippen LogP contribution in [0.25, 0.3) is 0 Å². The molecule has 7 nitrogen and oxygen atoms in total. The number of phenols is 1. The molecule has 1 aliphatic heterocycles. The first-order chi connectivity index (χ1) is 16.0. The normalized spacial score (nSPS) is 17.8. The number of rotatable bonds is 11. The van der Waals surface area contributed by atoms with Crippen molar-refractivity contribution in [2.24, 2.45) is 5.92 Å². The fourth-order valence-electron chi connectivity index (χ4n) is 3.65. The van der Waals surface area contributed by atoms with Crippen LogP contribution in [0.2, 0.25) is 0 Å². The Morgan fingerprint density at radius 1 is 1.21 bits per heavy atom. The molecule has 0 aliphatic carbocycles. The van der Waals surface area contributed by atoms with Crippen molar-refractivity contribution in [3.8, 4) is 5.75 Å². The Kier molecular flexibility index (Phi) is 11.1. The zero-order valence-corrected chi connectivity index (χ0v) is 22.5. The smallest absolute Gasteiger partial charge is 0.329 e. The lowest BCUT2D eigenvalue weighted by Crippen LogP contribution is -2.53. The summed E-state index contributed by atoms with van der Waals surface area (Å²) in [7, 11) is 3.46. The maximum atomic E-state index is 13.2. The number of nitrogens with zero attached hydrogens (tertiary/aromatic N) is 1. The first kappa shape index (κ1) is 28.4. The Balaban J connectivity index is 2.08. The van der Waals surface area contributed by atoms with Gasteiger partial charge in [-0.1, -0.05) is 47.6 Å². The molecule has 2 amide bonds. The van der Waals surface area contributed by atoms with Crippen LogP contribution in [0.5, 0.6) is 5.75 Å². The second-order valence-electron chi connectivity index (χ2n) is 9.66. The number of carbonyl (C=O) groups is 3. The molecule has 0 bridgehead atoms. The van der Waals surface area contributed by atoms with E-state index in [9.17, 15) is 19.5 Å². The summed E-state index contributed by atoms with van der Waals surface area (Å²) in [5.41, 5.74) is 0.0799. The first-order valence-corrected chi connectivity index (χ1v) is 14.4. The fraction of sp³-hybridized carbons (Fsp3) is 0.640. The molecule has 1 saturated heterocycles. The average molecular weight is 511 g/mol. The summed E-state index contributed by atoms with van der Waals surface area (Å²) in [5, 5.41) is 12.4. The third-order valence-corrected chi connectivity index (χ3v) is 8.12. The molecule has 1 aromatic rings. The number of nitrogens with one attached hydrogen (secondary N) is 1. The summed E-state index contributed by atoms with van der Waals surface area (Å²) >= 11 is 0. The molecule has 9 heteroatoms. The van der Waals surface area contributed by atoms with Gasteiger partial charge in [-0.3, -0.25) is 9.59 Å². The van der Waals surface area contributed by atoms with Crippen molar-refractivity contribution in [3.63, 3.8) is 0 Å². The average Bonchev–Trinajstić information content (AvgIpc) is 3.26. The Hall–Kier alpha value is -1.87. The molecule has 34 heavy (non-hydrogen) atoms. The number of benzene rings is 1. The summed E-state index contributed by atoms with van der Waals surface area (Å²) in [6.45, 7) is 9.91. The van der Waals surface area contributed by atoms with Crippen LogP contribution in [-0.4, -0.2) is 63.5 Å². The molecule has 1 aliphatic rings. The number of ether oxygens (including phenoxy) is 1. The van der Waals surface area contributed by atoms with E-state index in [-0.39, 0.29) is 29.9 Å². The standard InChI is InChI=1S/C25H38N2O5S2/c1-6-14-33-34-16-17(2)23(30)27-13-7-8-21(27)22(29)26-20(24(31)32-25(3,4)5)15-18-9-11-19(28)12-10-18/h9-12,17,20-21,28H,6-8,13-16H2,1-5H3,(H,26,29)/t17?,20-,21-/m0/s1. The molecule has 0 aromatic heterocycles. The highest BCUT2D eigenvalue weighted by Crippen LogP contribution is 2.27. The van der Waals surface area contributed by atoms with Gasteiger partial charge in [0.25, 0.3) is 0 Å². The minimum Gasteiger partial charge on any atom is -0.508 e. The van der Waals surface area contributed by atoms with E-state index < -0.39 is 23.7 Å². The van der Waals surface area contributed by atoms with E-state index in [0.717, 1.165) is 24.2 Å². The van der Waals surface area contributed by atoms with Gasteiger partial charge in [0.05, 0.1) is 0 Å². The molecule has 1 aromatic carbocycles. The van der Waals surface area contributed by atoms with Crippen LogP contribution in [0, 0.1) is 5.92 Å². The van der Waals surface area contributed by atoms with E-state index in [1.807, 2.05) is 6.92 Å². The van der Waals surface area contributed by atoms with Crippen molar-refractivity contribution in [3.05, 3.63) is 29.8 Å². The Bertz CT molecular complexity index is 826. The highest BCUT2D eigenvalue weighted by molar-refractivity contribution is 8.76. The van der Waals surface area contributed by atoms with Gasteiger partial charge in [-0.05, 0) is 57.7 Å². The van der Waals surface area contributed by atoms with Crippen molar-refractivity contribution in [2.75, 3.05) is 18.1 Å². The Morgan fingerprint density at radius 3 is 2.50 bits per heavy atom. The van der Waals surface area contributed by atoms with E-state index in [1.165, 1.54) is 0 Å². The van der Waals surface area contributed by atoms with Crippen LogP contribution in [-0.2, 0) is 25.5 Å². The number of amides is 2. The lowest BCUT2D eigenvalue weighted by molar-refractivity contribution is -0.159. The monoisotopic (exact) mass is 510 g/mol. The minimum absolute atomic E-state index is 0.0189. The number of phenolic OH excluding ortho intramolecular Hbond substituents is 1. The molecule has 190 valence electrons. The highest BCUT2D eigenvalue weighted by Gasteiger charge is 2.38. The van der Waals surface area contributed by atoms with E-state index in [2.05, 4.69) is 12.2 Å². The summed E-state index contributed by atoms with van der Waals surface area (Å²) < 4.78 is 5.55. The Morgan fingerprint density at radius 2 is 1.88 bits per heavy atom. The first-order valence-electron chi connectivity index (χ1n) is 11.9. The largest absolute Gasteiger partial charge is 0.508 e. The number of likely N-dealkylation sites (tertiary alicyclic amines) is 1. The molecule has 3 atom stereocenters. The van der Waals surface area contributed by atoms with Crippen LogP contribution < -0.4 is 5.32 Å². The molecule has 0 saturated carbocycles. The van der Waals surface area contributed by atoms with E-state index in [0.29, 0.717) is 18.7 Å². The zero-order chi connectivity index (χ0) is 25.3. The van der Waals surface area contributed by atoms with Gasteiger partial charge >= 0.3 is 5.97 Å². The predicted octanol–water partition coefficient (Wildman–Crippen LogP) is 4.18. The topological polar surface area (TPSA) is 95.9 Å². The van der Waals surface area contributed by atoms with Gasteiger partial charge in [-0.15, -0.1) is 0 Å². The van der Waals surface area contributed by atoms with Crippen molar-refractivity contribution in [2.45, 2.75) is 78.0 Å². The van der Waals surface area contributed by atoms with Gasteiger partial charge in [-0.25, -0.2) is 4.79 Å². The molecule has 0 spiro atoms. The van der Waals surface area contributed by atoms with Gasteiger partial charge in [0.15, 0.2) is 0 Å². The predicted molar refractivity (Wildman–Crippen MR) is 139 cm³/mol.